The van der Waals surface area contributed by atoms with Gasteiger partial charge in [-0.3, -0.25) is 4.98 Å². The van der Waals surface area contributed by atoms with Crippen molar-refractivity contribution in [2.45, 2.75) is 38.8 Å². The van der Waals surface area contributed by atoms with Gasteiger partial charge in [-0.25, -0.2) is 4.79 Å². The molecule has 1 atom stereocenters. The summed E-state index contributed by atoms with van der Waals surface area (Å²) in [6, 6.07) is 4.10. The highest BCUT2D eigenvalue weighted by Crippen LogP contribution is 2.15. The third-order valence-corrected chi connectivity index (χ3v) is 3.20. The first-order chi connectivity index (χ1) is 9.46. The summed E-state index contributed by atoms with van der Waals surface area (Å²) < 4.78 is 5.49. The van der Waals surface area contributed by atoms with Crippen LogP contribution in [0.2, 0.25) is 0 Å². The van der Waals surface area contributed by atoms with E-state index in [4.69, 9.17) is 4.74 Å². The number of nitrogens with zero attached hydrogens (tertiary/aromatic N) is 2. The number of piperazine rings is 1. The number of carbonyl (C=O) groups excluding carboxylic acids is 1. The minimum atomic E-state index is -0.455. The molecule has 1 saturated heterocycles. The van der Waals surface area contributed by atoms with Crippen molar-refractivity contribution in [1.82, 2.24) is 15.2 Å². The Morgan fingerprint density at radius 2 is 2.15 bits per heavy atom. The third kappa shape index (κ3) is 4.20. The standard InChI is InChI=1S/C15H23N3O2/c1-15(2,3)20-14(19)18-9-8-17-11-13(18)10-12-4-6-16-7-5-12/h4-7,13,17H,8-11H2,1-3H3/t13-/m0/s1. The Morgan fingerprint density at radius 3 is 2.80 bits per heavy atom. The first kappa shape index (κ1) is 14.8. The number of amides is 1. The van der Waals surface area contributed by atoms with Crippen LogP contribution in [0.5, 0.6) is 0 Å². The van der Waals surface area contributed by atoms with E-state index in [1.54, 1.807) is 12.4 Å². The molecule has 20 heavy (non-hydrogen) atoms. The Kier molecular flexibility index (Phi) is 4.60. The predicted octanol–water partition coefficient (Wildman–Crippen LogP) is 1.83. The highest BCUT2D eigenvalue weighted by atomic mass is 16.6. The lowest BCUT2D eigenvalue weighted by atomic mass is 10.0. The fraction of sp³-hybridized carbons (Fsp3) is 0.600. The minimum absolute atomic E-state index is 0.126. The van der Waals surface area contributed by atoms with E-state index in [2.05, 4.69) is 10.3 Å². The fourth-order valence-electron chi connectivity index (χ4n) is 2.30. The number of pyridine rings is 1. The normalized spacial score (nSPS) is 19.8. The van der Waals surface area contributed by atoms with Crippen molar-refractivity contribution >= 4 is 6.09 Å². The summed E-state index contributed by atoms with van der Waals surface area (Å²) in [7, 11) is 0. The Bertz CT molecular complexity index is 442. The van der Waals surface area contributed by atoms with Gasteiger partial charge in [0.25, 0.3) is 0 Å². The summed E-state index contributed by atoms with van der Waals surface area (Å²) in [5.41, 5.74) is 0.727. The van der Waals surface area contributed by atoms with E-state index in [-0.39, 0.29) is 12.1 Å². The Balaban J connectivity index is 2.03. The number of aromatic nitrogens is 1. The van der Waals surface area contributed by atoms with Crippen LogP contribution in [0.15, 0.2) is 24.5 Å². The zero-order valence-electron chi connectivity index (χ0n) is 12.4. The molecule has 0 spiro atoms. The van der Waals surface area contributed by atoms with Crippen molar-refractivity contribution in [1.29, 1.82) is 0 Å². The second kappa shape index (κ2) is 6.22. The van der Waals surface area contributed by atoms with Gasteiger partial charge >= 0.3 is 6.09 Å². The predicted molar refractivity (Wildman–Crippen MR) is 77.5 cm³/mol. The van der Waals surface area contributed by atoms with E-state index in [9.17, 15) is 4.79 Å². The quantitative estimate of drug-likeness (QED) is 0.896. The molecule has 2 rings (SSSR count). The van der Waals surface area contributed by atoms with Crippen LogP contribution in [0.4, 0.5) is 4.79 Å². The molecule has 1 fully saturated rings. The maximum atomic E-state index is 12.3. The lowest BCUT2D eigenvalue weighted by Gasteiger charge is -2.37. The van der Waals surface area contributed by atoms with E-state index in [1.165, 1.54) is 5.56 Å². The number of hydrogen-bond donors (Lipinski definition) is 1. The maximum Gasteiger partial charge on any atom is 0.410 e. The zero-order chi connectivity index (χ0) is 14.6. The molecule has 0 saturated carbocycles. The van der Waals surface area contributed by atoms with E-state index >= 15 is 0 Å². The van der Waals surface area contributed by atoms with Crippen molar-refractivity contribution < 1.29 is 9.53 Å². The minimum Gasteiger partial charge on any atom is -0.444 e. The molecule has 1 aliphatic rings. The number of hydrogen-bond acceptors (Lipinski definition) is 4. The largest absolute Gasteiger partial charge is 0.444 e. The van der Waals surface area contributed by atoms with Crippen molar-refractivity contribution in [3.8, 4) is 0 Å². The number of rotatable bonds is 2. The van der Waals surface area contributed by atoms with Crippen LogP contribution in [0, 0.1) is 0 Å². The number of ether oxygens (including phenoxy) is 1. The summed E-state index contributed by atoms with van der Waals surface area (Å²) in [6.45, 7) is 7.97. The first-order valence-corrected chi connectivity index (χ1v) is 7.05. The number of nitrogens with one attached hydrogen (secondary N) is 1. The summed E-state index contributed by atoms with van der Waals surface area (Å²) in [6.07, 6.45) is 4.15. The average molecular weight is 277 g/mol. The zero-order valence-corrected chi connectivity index (χ0v) is 12.4. The van der Waals surface area contributed by atoms with Crippen molar-refractivity contribution in [2.75, 3.05) is 19.6 Å². The van der Waals surface area contributed by atoms with Crippen molar-refractivity contribution in [2.24, 2.45) is 0 Å². The summed E-state index contributed by atoms with van der Waals surface area (Å²) in [5, 5.41) is 3.34. The molecule has 0 bridgehead atoms. The highest BCUT2D eigenvalue weighted by molar-refractivity contribution is 5.68. The molecular formula is C15H23N3O2. The first-order valence-electron chi connectivity index (χ1n) is 7.05. The summed E-state index contributed by atoms with van der Waals surface area (Å²) in [5.74, 6) is 0. The molecule has 1 aromatic rings. The molecule has 1 aliphatic heterocycles. The molecule has 5 heteroatoms. The highest BCUT2D eigenvalue weighted by Gasteiger charge is 2.30. The van der Waals surface area contributed by atoms with Gasteiger partial charge in [0.2, 0.25) is 0 Å². The molecule has 0 aromatic carbocycles. The monoisotopic (exact) mass is 277 g/mol. The van der Waals surface area contributed by atoms with Crippen LogP contribution in [-0.4, -0.2) is 47.3 Å². The SMILES string of the molecule is CC(C)(C)OC(=O)N1CCNC[C@@H]1Cc1ccncc1. The molecule has 0 radical (unpaired) electrons. The van der Waals surface area contributed by atoms with Crippen LogP contribution >= 0.6 is 0 Å². The van der Waals surface area contributed by atoms with Crippen LogP contribution in [0.3, 0.4) is 0 Å². The summed E-state index contributed by atoms with van der Waals surface area (Å²) >= 11 is 0. The van der Waals surface area contributed by atoms with E-state index in [0.717, 1.165) is 19.5 Å². The van der Waals surface area contributed by atoms with Gasteiger partial charge in [0, 0.05) is 32.0 Å². The van der Waals surface area contributed by atoms with Gasteiger partial charge in [-0.1, -0.05) is 0 Å². The van der Waals surface area contributed by atoms with Gasteiger partial charge in [-0.05, 0) is 44.9 Å². The van der Waals surface area contributed by atoms with Gasteiger partial charge in [-0.2, -0.15) is 0 Å². The smallest absolute Gasteiger partial charge is 0.410 e. The Morgan fingerprint density at radius 1 is 1.45 bits per heavy atom. The summed E-state index contributed by atoms with van der Waals surface area (Å²) in [4.78, 5) is 18.1. The van der Waals surface area contributed by atoms with Crippen LogP contribution in [-0.2, 0) is 11.2 Å². The van der Waals surface area contributed by atoms with Crippen LogP contribution in [0.25, 0.3) is 0 Å². The number of carbonyl (C=O) groups is 1. The molecule has 1 amide bonds. The van der Waals surface area contributed by atoms with Gasteiger partial charge in [0.15, 0.2) is 0 Å². The van der Waals surface area contributed by atoms with E-state index < -0.39 is 5.60 Å². The molecule has 1 aromatic heterocycles. The Hall–Kier alpha value is -1.62. The molecule has 110 valence electrons. The molecular weight excluding hydrogens is 254 g/mol. The van der Waals surface area contributed by atoms with Crippen molar-refractivity contribution in [3.63, 3.8) is 0 Å². The van der Waals surface area contributed by atoms with E-state index in [0.29, 0.717) is 6.54 Å². The molecule has 0 aliphatic carbocycles. The van der Waals surface area contributed by atoms with Gasteiger partial charge in [0.1, 0.15) is 5.60 Å². The lowest BCUT2D eigenvalue weighted by Crippen LogP contribution is -2.55. The second-order valence-corrected chi connectivity index (χ2v) is 6.09. The third-order valence-electron chi connectivity index (χ3n) is 3.20. The van der Waals surface area contributed by atoms with Gasteiger partial charge < -0.3 is 15.0 Å². The topological polar surface area (TPSA) is 54.5 Å². The van der Waals surface area contributed by atoms with Crippen molar-refractivity contribution in [3.05, 3.63) is 30.1 Å². The van der Waals surface area contributed by atoms with E-state index in [1.807, 2.05) is 37.8 Å². The molecule has 1 N–H and O–H groups in total. The van der Waals surface area contributed by atoms with Crippen LogP contribution < -0.4 is 5.32 Å². The van der Waals surface area contributed by atoms with Gasteiger partial charge in [-0.15, -0.1) is 0 Å². The average Bonchev–Trinajstić information content (AvgIpc) is 2.38. The lowest BCUT2D eigenvalue weighted by molar-refractivity contribution is 0.0122. The second-order valence-electron chi connectivity index (χ2n) is 6.09. The fourth-order valence-corrected chi connectivity index (χ4v) is 2.30. The molecule has 0 unspecified atom stereocenters. The van der Waals surface area contributed by atoms with Gasteiger partial charge in [0.05, 0.1) is 6.04 Å². The molecule has 5 nitrogen and oxygen atoms in total. The maximum absolute atomic E-state index is 12.3. The molecule has 2 heterocycles. The van der Waals surface area contributed by atoms with Crippen LogP contribution in [0.1, 0.15) is 26.3 Å². The Labute approximate surface area is 120 Å².